The van der Waals surface area contributed by atoms with Gasteiger partial charge in [-0.05, 0) is 106 Å². The smallest absolute Gasteiger partial charge is 0.0468 e. The molecule has 0 radical (unpaired) electrons. The van der Waals surface area contributed by atoms with Gasteiger partial charge < -0.3 is 15.0 Å². The largest absolute Gasteiger partial charge is 0.361 e. The van der Waals surface area contributed by atoms with Crippen molar-refractivity contribution < 1.29 is 0 Å². The quantitative estimate of drug-likeness (QED) is 0.196. The Kier molecular flexibility index (Phi) is 5.35. The van der Waals surface area contributed by atoms with E-state index in [1.54, 1.807) is 34.0 Å². The normalized spacial score (nSPS) is 11.3. The van der Waals surface area contributed by atoms with Crippen LogP contribution in [0.25, 0.3) is 65.1 Å². The first kappa shape index (κ1) is 21.4. The summed E-state index contributed by atoms with van der Waals surface area (Å²) in [6, 6.07) is 26.3. The predicted octanol–water partition coefficient (Wildman–Crippen LogP) is 9.86. The molecule has 0 saturated carbocycles. The minimum Gasteiger partial charge on any atom is -0.361 e. The van der Waals surface area contributed by atoms with E-state index >= 15 is 0 Å². The molecule has 3 N–H and O–H groups in total. The molecule has 3 nitrogen and oxygen atoms in total. The Labute approximate surface area is 220 Å². The van der Waals surface area contributed by atoms with Gasteiger partial charge in [-0.25, -0.2) is 0 Å². The number of rotatable bonds is 6. The van der Waals surface area contributed by atoms with E-state index in [-0.39, 0.29) is 0 Å². The highest BCUT2D eigenvalue weighted by Gasteiger charge is 2.18. The van der Waals surface area contributed by atoms with Gasteiger partial charge in [-0.3, -0.25) is 0 Å². The fourth-order valence-corrected chi connectivity index (χ4v) is 7.45. The maximum atomic E-state index is 3.39. The average molecular weight is 520 g/mol. The van der Waals surface area contributed by atoms with E-state index in [0.29, 0.717) is 0 Å². The van der Waals surface area contributed by atoms with Gasteiger partial charge in [-0.1, -0.05) is 0 Å². The van der Waals surface area contributed by atoms with Crippen molar-refractivity contribution in [3.8, 4) is 65.1 Å². The van der Waals surface area contributed by atoms with Crippen molar-refractivity contribution in [2.24, 2.45) is 0 Å². The molecule has 0 aliphatic heterocycles. The highest BCUT2D eigenvalue weighted by atomic mass is 32.1. The fourth-order valence-electron chi connectivity index (χ4n) is 4.75. The Bertz CT molecular complexity index is 1510. The molecule has 0 aliphatic carbocycles. The molecule has 0 fully saturated rings. The third-order valence-electron chi connectivity index (χ3n) is 6.38. The molecule has 0 bridgehead atoms. The van der Waals surface area contributed by atoms with Gasteiger partial charge in [0.05, 0.1) is 0 Å². The first-order valence-corrected chi connectivity index (χ1v) is 14.3. The number of benzene rings is 1. The molecule has 0 amide bonds. The van der Waals surface area contributed by atoms with Crippen LogP contribution < -0.4 is 0 Å². The molecule has 0 spiro atoms. The minimum absolute atomic E-state index is 1.14. The molecule has 36 heavy (non-hydrogen) atoms. The van der Waals surface area contributed by atoms with Crippen LogP contribution in [0, 0.1) is 0 Å². The minimum atomic E-state index is 1.14. The van der Waals surface area contributed by atoms with Crippen molar-refractivity contribution in [1.29, 1.82) is 0 Å². The van der Waals surface area contributed by atoms with Crippen molar-refractivity contribution in [2.45, 2.75) is 0 Å². The standard InChI is InChI=1S/C30H21N3S3/c1-4-25(31-10-1)22-7-13-34-28(22)19-16-20(29-23(8-14-35-29)26-5-2-11-32-26)18-21(17-19)30-24(9-15-36-30)27-6-3-12-33-27/h1-18,31-33H. The Morgan fingerprint density at radius 1 is 0.417 bits per heavy atom. The van der Waals surface area contributed by atoms with E-state index in [1.807, 2.05) is 18.6 Å². The van der Waals surface area contributed by atoms with E-state index in [4.69, 9.17) is 0 Å². The Morgan fingerprint density at radius 3 is 1.03 bits per heavy atom. The van der Waals surface area contributed by atoms with Crippen LogP contribution in [0.4, 0.5) is 0 Å². The van der Waals surface area contributed by atoms with Crippen LogP contribution in [0.3, 0.4) is 0 Å². The number of H-pyrrole nitrogens is 3. The molecule has 6 aromatic heterocycles. The monoisotopic (exact) mass is 519 g/mol. The van der Waals surface area contributed by atoms with Crippen LogP contribution in [0.5, 0.6) is 0 Å². The summed E-state index contributed by atoms with van der Waals surface area (Å²) in [4.78, 5) is 14.0. The number of hydrogen-bond donors (Lipinski definition) is 3. The molecule has 1 aromatic carbocycles. The first-order chi connectivity index (χ1) is 17.8. The SMILES string of the molecule is c1c[nH]c(-c2ccsc2-c2cc(-c3sccc3-c3ccc[nH]3)cc(-c3sccc3-c3ccc[nH]3)c2)c1. The molecule has 6 heteroatoms. The summed E-state index contributed by atoms with van der Waals surface area (Å²) in [7, 11) is 0. The molecule has 0 aliphatic rings. The Hall–Kier alpha value is -3.84. The molecule has 0 saturated heterocycles. The Morgan fingerprint density at radius 2 is 0.750 bits per heavy atom. The zero-order valence-corrected chi connectivity index (χ0v) is 21.6. The van der Waals surface area contributed by atoms with Crippen LogP contribution in [0.15, 0.2) is 108 Å². The maximum absolute atomic E-state index is 3.39. The van der Waals surface area contributed by atoms with Crippen molar-refractivity contribution in [3.63, 3.8) is 0 Å². The average Bonchev–Trinajstić information content (AvgIpc) is 3.76. The van der Waals surface area contributed by atoms with Gasteiger partial charge in [0.15, 0.2) is 0 Å². The lowest BCUT2D eigenvalue weighted by atomic mass is 9.97. The van der Waals surface area contributed by atoms with E-state index in [0.717, 1.165) is 17.1 Å². The van der Waals surface area contributed by atoms with E-state index < -0.39 is 0 Å². The second kappa shape index (κ2) is 8.99. The third kappa shape index (κ3) is 3.71. The van der Waals surface area contributed by atoms with Crippen LogP contribution in [-0.4, -0.2) is 15.0 Å². The second-order valence-electron chi connectivity index (χ2n) is 8.54. The maximum Gasteiger partial charge on any atom is 0.0468 e. The van der Waals surface area contributed by atoms with Crippen LogP contribution in [0.2, 0.25) is 0 Å². The molecule has 0 unspecified atom stereocenters. The summed E-state index contributed by atoms with van der Waals surface area (Å²) >= 11 is 5.37. The highest BCUT2D eigenvalue weighted by molar-refractivity contribution is 7.15. The fraction of sp³-hybridized carbons (Fsp3) is 0. The molecule has 174 valence electrons. The van der Waals surface area contributed by atoms with Crippen molar-refractivity contribution in [3.05, 3.63) is 108 Å². The summed E-state index contributed by atoms with van der Waals surface area (Å²) in [6.45, 7) is 0. The zero-order valence-electron chi connectivity index (χ0n) is 19.1. The van der Waals surface area contributed by atoms with Crippen LogP contribution >= 0.6 is 34.0 Å². The molecule has 6 heterocycles. The summed E-state index contributed by atoms with van der Waals surface area (Å²) in [5, 5.41) is 6.55. The number of hydrogen-bond acceptors (Lipinski definition) is 3. The summed E-state index contributed by atoms with van der Waals surface area (Å²) in [5.41, 5.74) is 10.8. The van der Waals surface area contributed by atoms with Gasteiger partial charge in [-0.15, -0.1) is 34.0 Å². The van der Waals surface area contributed by atoms with Gasteiger partial charge in [0, 0.05) is 67.0 Å². The van der Waals surface area contributed by atoms with Crippen molar-refractivity contribution in [1.82, 2.24) is 15.0 Å². The number of aromatic nitrogens is 3. The molecule has 0 atom stereocenters. The molecule has 7 rings (SSSR count). The lowest BCUT2D eigenvalue weighted by Gasteiger charge is -2.12. The van der Waals surface area contributed by atoms with E-state index in [2.05, 4.69) is 104 Å². The summed E-state index contributed by atoms with van der Waals surface area (Å²) < 4.78 is 0. The molecular weight excluding hydrogens is 499 g/mol. The van der Waals surface area contributed by atoms with Crippen molar-refractivity contribution >= 4 is 34.0 Å². The number of aromatic amines is 3. The van der Waals surface area contributed by atoms with Crippen molar-refractivity contribution in [2.75, 3.05) is 0 Å². The highest BCUT2D eigenvalue weighted by Crippen LogP contribution is 2.45. The lowest BCUT2D eigenvalue weighted by Crippen LogP contribution is -1.87. The van der Waals surface area contributed by atoms with Crippen LogP contribution in [-0.2, 0) is 0 Å². The van der Waals surface area contributed by atoms with E-state index in [1.165, 1.54) is 48.0 Å². The predicted molar refractivity (Wildman–Crippen MR) is 156 cm³/mol. The number of thiophene rings is 3. The molecule has 7 aromatic rings. The molecular formula is C30H21N3S3. The van der Waals surface area contributed by atoms with Gasteiger partial charge >= 0.3 is 0 Å². The third-order valence-corrected chi connectivity index (χ3v) is 9.27. The number of nitrogens with one attached hydrogen (secondary N) is 3. The Balaban J connectivity index is 1.45. The van der Waals surface area contributed by atoms with E-state index in [9.17, 15) is 0 Å². The van der Waals surface area contributed by atoms with Crippen LogP contribution in [0.1, 0.15) is 0 Å². The van der Waals surface area contributed by atoms with Gasteiger partial charge in [0.2, 0.25) is 0 Å². The zero-order chi connectivity index (χ0) is 23.9. The van der Waals surface area contributed by atoms with Gasteiger partial charge in [-0.2, -0.15) is 0 Å². The summed E-state index contributed by atoms with van der Waals surface area (Å²) in [5.74, 6) is 0. The first-order valence-electron chi connectivity index (χ1n) is 11.6. The van der Waals surface area contributed by atoms with Gasteiger partial charge in [0.1, 0.15) is 0 Å². The topological polar surface area (TPSA) is 47.4 Å². The summed E-state index contributed by atoms with van der Waals surface area (Å²) in [6.07, 6.45) is 5.96. The lowest BCUT2D eigenvalue weighted by molar-refractivity contribution is 1.41. The van der Waals surface area contributed by atoms with Gasteiger partial charge in [0.25, 0.3) is 0 Å². The second-order valence-corrected chi connectivity index (χ2v) is 11.3.